The fourth-order valence-corrected chi connectivity index (χ4v) is 4.43. The van der Waals surface area contributed by atoms with Gasteiger partial charge in [0.2, 0.25) is 5.91 Å². The molecule has 1 aliphatic carbocycles. The molecule has 1 amide bonds. The minimum Gasteiger partial charge on any atom is -0.396 e. The molecule has 1 aliphatic rings. The van der Waals surface area contributed by atoms with E-state index >= 15 is 0 Å². The number of rotatable bonds is 7. The van der Waals surface area contributed by atoms with Crippen molar-refractivity contribution in [1.82, 2.24) is 5.32 Å². The molecule has 1 aromatic rings. The van der Waals surface area contributed by atoms with E-state index in [9.17, 15) is 9.90 Å². The Kier molecular flexibility index (Phi) is 6.90. The van der Waals surface area contributed by atoms with Crippen molar-refractivity contribution in [2.24, 2.45) is 11.8 Å². The zero-order chi connectivity index (χ0) is 14.2. The quantitative estimate of drug-likeness (QED) is 0.814. The van der Waals surface area contributed by atoms with Crippen LogP contribution in [-0.2, 0) is 10.5 Å². The molecule has 1 heterocycles. The van der Waals surface area contributed by atoms with Gasteiger partial charge < -0.3 is 10.4 Å². The summed E-state index contributed by atoms with van der Waals surface area (Å²) in [6.45, 7) is 0.983. The topological polar surface area (TPSA) is 49.3 Å². The molecule has 1 fully saturated rings. The van der Waals surface area contributed by atoms with Crippen LogP contribution in [0.25, 0.3) is 0 Å². The van der Waals surface area contributed by atoms with Gasteiger partial charge in [-0.2, -0.15) is 0 Å². The summed E-state index contributed by atoms with van der Waals surface area (Å²) < 4.78 is 0. The predicted molar refractivity (Wildman–Crippen MR) is 86.0 cm³/mol. The Morgan fingerprint density at radius 1 is 1.40 bits per heavy atom. The lowest BCUT2D eigenvalue weighted by Crippen LogP contribution is -2.36. The molecule has 0 radical (unpaired) electrons. The van der Waals surface area contributed by atoms with Crippen LogP contribution in [0, 0.1) is 11.8 Å². The van der Waals surface area contributed by atoms with E-state index < -0.39 is 0 Å². The van der Waals surface area contributed by atoms with E-state index in [1.54, 1.807) is 23.1 Å². The third kappa shape index (κ3) is 5.11. The molecule has 2 N–H and O–H groups in total. The van der Waals surface area contributed by atoms with Crippen LogP contribution < -0.4 is 5.32 Å². The van der Waals surface area contributed by atoms with Gasteiger partial charge in [-0.1, -0.05) is 18.9 Å². The second kappa shape index (κ2) is 8.70. The van der Waals surface area contributed by atoms with Gasteiger partial charge in [-0.25, -0.2) is 0 Å². The van der Waals surface area contributed by atoms with Gasteiger partial charge in [-0.05, 0) is 36.1 Å². The number of nitrogens with one attached hydrogen (secondary N) is 1. The highest BCUT2D eigenvalue weighted by molar-refractivity contribution is 7.99. The zero-order valence-electron chi connectivity index (χ0n) is 11.7. The predicted octanol–water partition coefficient (Wildman–Crippen LogP) is 2.90. The Bertz CT molecular complexity index is 395. The van der Waals surface area contributed by atoms with Gasteiger partial charge in [-0.3, -0.25) is 4.79 Å². The number of aliphatic hydroxyl groups excluding tert-OH is 1. The van der Waals surface area contributed by atoms with Crippen molar-refractivity contribution in [3.05, 3.63) is 22.4 Å². The van der Waals surface area contributed by atoms with Gasteiger partial charge in [0.05, 0.1) is 5.75 Å². The number of hydrogen-bond acceptors (Lipinski definition) is 4. The largest absolute Gasteiger partial charge is 0.396 e. The van der Waals surface area contributed by atoms with Gasteiger partial charge in [-0.15, -0.1) is 23.1 Å². The molecule has 0 aliphatic heterocycles. The monoisotopic (exact) mass is 313 g/mol. The summed E-state index contributed by atoms with van der Waals surface area (Å²) in [5.74, 6) is 2.39. The van der Waals surface area contributed by atoms with Gasteiger partial charge in [0.25, 0.3) is 0 Å². The molecule has 2 atom stereocenters. The fraction of sp³-hybridized carbons (Fsp3) is 0.667. The van der Waals surface area contributed by atoms with Gasteiger partial charge >= 0.3 is 0 Å². The van der Waals surface area contributed by atoms with Crippen molar-refractivity contribution in [3.8, 4) is 0 Å². The van der Waals surface area contributed by atoms with E-state index in [1.807, 2.05) is 6.07 Å². The van der Waals surface area contributed by atoms with Crippen molar-refractivity contribution in [2.45, 2.75) is 31.4 Å². The number of aliphatic hydroxyl groups is 1. The standard InChI is InChI=1S/C15H23NO2S2/c17-9-13-5-2-1-4-12(13)8-16-15(18)11-19-10-14-6-3-7-20-14/h3,6-7,12-13,17H,1-2,4-5,8-11H2,(H,16,18). The second-order valence-electron chi connectivity index (χ2n) is 5.36. The van der Waals surface area contributed by atoms with Gasteiger partial charge in [0, 0.05) is 23.8 Å². The smallest absolute Gasteiger partial charge is 0.230 e. The lowest BCUT2D eigenvalue weighted by atomic mass is 9.79. The van der Waals surface area contributed by atoms with Crippen molar-refractivity contribution in [2.75, 3.05) is 18.9 Å². The highest BCUT2D eigenvalue weighted by Gasteiger charge is 2.24. The van der Waals surface area contributed by atoms with Crippen LogP contribution in [0.2, 0.25) is 0 Å². The van der Waals surface area contributed by atoms with Crippen molar-refractivity contribution in [1.29, 1.82) is 0 Å². The van der Waals surface area contributed by atoms with E-state index in [2.05, 4.69) is 16.8 Å². The highest BCUT2D eigenvalue weighted by atomic mass is 32.2. The van der Waals surface area contributed by atoms with Gasteiger partial charge in [0.1, 0.15) is 0 Å². The fourth-order valence-electron chi connectivity index (χ4n) is 2.73. The minimum atomic E-state index is 0.119. The van der Waals surface area contributed by atoms with E-state index in [0.29, 0.717) is 17.6 Å². The Morgan fingerprint density at radius 2 is 2.20 bits per heavy atom. The van der Waals surface area contributed by atoms with E-state index in [4.69, 9.17) is 0 Å². The molecule has 0 spiro atoms. The van der Waals surface area contributed by atoms with Crippen LogP contribution in [0.4, 0.5) is 0 Å². The molecule has 20 heavy (non-hydrogen) atoms. The third-order valence-electron chi connectivity index (χ3n) is 3.92. The van der Waals surface area contributed by atoms with Crippen LogP contribution in [0.5, 0.6) is 0 Å². The summed E-state index contributed by atoms with van der Waals surface area (Å²) in [5, 5.41) is 14.5. The maximum Gasteiger partial charge on any atom is 0.230 e. The number of amides is 1. The van der Waals surface area contributed by atoms with Crippen molar-refractivity contribution >= 4 is 29.0 Å². The molecule has 2 rings (SSSR count). The van der Waals surface area contributed by atoms with E-state index in [1.165, 1.54) is 17.7 Å². The number of hydrogen-bond donors (Lipinski definition) is 2. The average molecular weight is 313 g/mol. The van der Waals surface area contributed by atoms with Gasteiger partial charge in [0.15, 0.2) is 0 Å². The summed E-state index contributed by atoms with van der Waals surface area (Å²) in [4.78, 5) is 13.1. The molecule has 1 aromatic heterocycles. The first-order valence-corrected chi connectivity index (χ1v) is 9.30. The SMILES string of the molecule is O=C(CSCc1cccs1)NCC1CCCCC1CO. The molecule has 1 saturated carbocycles. The zero-order valence-corrected chi connectivity index (χ0v) is 13.3. The summed E-state index contributed by atoms with van der Waals surface area (Å²) in [5.41, 5.74) is 0. The molecule has 0 aromatic carbocycles. The first-order chi connectivity index (χ1) is 9.79. The molecule has 3 nitrogen and oxygen atoms in total. The van der Waals surface area contributed by atoms with Crippen LogP contribution in [0.15, 0.2) is 17.5 Å². The van der Waals surface area contributed by atoms with Crippen LogP contribution in [-0.4, -0.2) is 29.9 Å². The van der Waals surface area contributed by atoms with Crippen molar-refractivity contribution in [3.63, 3.8) is 0 Å². The van der Waals surface area contributed by atoms with E-state index in [0.717, 1.165) is 25.1 Å². The maximum atomic E-state index is 11.8. The Balaban J connectivity index is 1.61. The highest BCUT2D eigenvalue weighted by Crippen LogP contribution is 2.29. The van der Waals surface area contributed by atoms with Crippen LogP contribution in [0.1, 0.15) is 30.6 Å². The summed E-state index contributed by atoms with van der Waals surface area (Å²) >= 11 is 3.39. The minimum absolute atomic E-state index is 0.119. The number of thioether (sulfide) groups is 1. The first-order valence-electron chi connectivity index (χ1n) is 7.27. The molecule has 5 heteroatoms. The maximum absolute atomic E-state index is 11.8. The molecule has 2 unspecified atom stereocenters. The Hall–Kier alpha value is -0.520. The second-order valence-corrected chi connectivity index (χ2v) is 7.38. The summed E-state index contributed by atoms with van der Waals surface area (Å²) in [7, 11) is 0. The number of thiophene rings is 1. The normalized spacial score (nSPS) is 22.6. The summed E-state index contributed by atoms with van der Waals surface area (Å²) in [6, 6.07) is 4.14. The molecule has 0 saturated heterocycles. The molecule has 112 valence electrons. The molecular weight excluding hydrogens is 290 g/mol. The first kappa shape index (κ1) is 15.9. The molecule has 0 bridgehead atoms. The lowest BCUT2D eigenvalue weighted by molar-refractivity contribution is -0.118. The average Bonchev–Trinajstić information content (AvgIpc) is 2.98. The van der Waals surface area contributed by atoms with Crippen LogP contribution in [0.3, 0.4) is 0 Å². The number of carbonyl (C=O) groups is 1. The van der Waals surface area contributed by atoms with Crippen molar-refractivity contribution < 1.29 is 9.90 Å². The summed E-state index contributed by atoms with van der Waals surface area (Å²) in [6.07, 6.45) is 4.68. The Morgan fingerprint density at radius 3 is 2.90 bits per heavy atom. The Labute approximate surface area is 129 Å². The number of carbonyl (C=O) groups excluding carboxylic acids is 1. The van der Waals surface area contributed by atoms with Crippen LogP contribution >= 0.6 is 23.1 Å². The lowest BCUT2D eigenvalue weighted by Gasteiger charge is -2.30. The third-order valence-corrected chi connectivity index (χ3v) is 5.96. The van der Waals surface area contributed by atoms with E-state index in [-0.39, 0.29) is 12.5 Å². The molecular formula is C15H23NO2S2.